The van der Waals surface area contributed by atoms with E-state index >= 15 is 0 Å². The predicted octanol–water partition coefficient (Wildman–Crippen LogP) is 3.31. The Kier molecular flexibility index (Phi) is 7.31. The molecule has 1 amide bonds. The Hall–Kier alpha value is -1.63. The summed E-state index contributed by atoms with van der Waals surface area (Å²) >= 11 is 1.38. The van der Waals surface area contributed by atoms with Crippen molar-refractivity contribution in [2.24, 2.45) is 5.73 Å². The van der Waals surface area contributed by atoms with E-state index in [0.717, 1.165) is 23.4 Å². The Balaban J connectivity index is 0.00000242. The molecule has 0 radical (unpaired) electrons. The Morgan fingerprint density at radius 2 is 2.09 bits per heavy atom. The molecule has 0 aliphatic carbocycles. The number of hydrogen-bond donors (Lipinski definition) is 2. The van der Waals surface area contributed by atoms with E-state index < -0.39 is 6.04 Å². The van der Waals surface area contributed by atoms with Gasteiger partial charge in [-0.3, -0.25) is 4.79 Å². The number of ether oxygens (including phenoxy) is 1. The van der Waals surface area contributed by atoms with Crippen LogP contribution in [-0.4, -0.2) is 23.5 Å². The fourth-order valence-electron chi connectivity index (χ4n) is 1.62. The summed E-state index contributed by atoms with van der Waals surface area (Å²) in [4.78, 5) is 15.9. The molecule has 2 rings (SSSR count). The fourth-order valence-corrected chi connectivity index (χ4v) is 2.35. The lowest BCUT2D eigenvalue weighted by molar-refractivity contribution is -0.117. The molecule has 120 valence electrons. The molecule has 3 N–H and O–H groups in total. The number of carbonyl (C=O) groups excluding carboxylic acids is 1. The lowest BCUT2D eigenvalue weighted by Crippen LogP contribution is -2.32. The van der Waals surface area contributed by atoms with Crippen molar-refractivity contribution < 1.29 is 9.53 Å². The molecule has 1 atom stereocenters. The summed E-state index contributed by atoms with van der Waals surface area (Å²) in [5.74, 6) is 0.612. The van der Waals surface area contributed by atoms with Gasteiger partial charge in [0, 0.05) is 10.9 Å². The van der Waals surface area contributed by atoms with Gasteiger partial charge in [-0.25, -0.2) is 4.98 Å². The summed E-state index contributed by atoms with van der Waals surface area (Å²) in [5, 5.41) is 5.15. The van der Waals surface area contributed by atoms with Gasteiger partial charge in [0.25, 0.3) is 0 Å². The molecule has 1 heterocycles. The average Bonchev–Trinajstić information content (AvgIpc) is 2.94. The molecule has 0 aliphatic rings. The molecule has 0 unspecified atom stereocenters. The minimum Gasteiger partial charge on any atom is -0.494 e. The number of hydrogen-bond acceptors (Lipinski definition) is 5. The van der Waals surface area contributed by atoms with Crippen LogP contribution in [0.3, 0.4) is 0 Å². The third-order valence-electron chi connectivity index (χ3n) is 2.77. The van der Waals surface area contributed by atoms with Gasteiger partial charge in [-0.1, -0.05) is 6.92 Å². The largest absolute Gasteiger partial charge is 0.494 e. The maximum absolute atomic E-state index is 11.5. The number of halogens is 1. The SMILES string of the molecule is CCCOc1ccc(-c2csc(NC(=O)[C@H](C)N)n2)cc1.Cl. The van der Waals surface area contributed by atoms with Crippen molar-refractivity contribution in [3.05, 3.63) is 29.6 Å². The third kappa shape index (κ3) is 4.98. The second-order valence-corrected chi connectivity index (χ2v) is 5.55. The molecule has 0 saturated heterocycles. The van der Waals surface area contributed by atoms with E-state index in [0.29, 0.717) is 11.7 Å². The fraction of sp³-hybridized carbons (Fsp3) is 0.333. The van der Waals surface area contributed by atoms with Gasteiger partial charge in [0.15, 0.2) is 5.13 Å². The van der Waals surface area contributed by atoms with Crippen LogP contribution in [-0.2, 0) is 4.79 Å². The minimum absolute atomic E-state index is 0. The first-order valence-electron chi connectivity index (χ1n) is 6.85. The van der Waals surface area contributed by atoms with Gasteiger partial charge in [-0.05, 0) is 37.6 Å². The molecule has 5 nitrogen and oxygen atoms in total. The van der Waals surface area contributed by atoms with Crippen molar-refractivity contribution in [2.75, 3.05) is 11.9 Å². The zero-order chi connectivity index (χ0) is 15.2. The van der Waals surface area contributed by atoms with Gasteiger partial charge in [0.05, 0.1) is 18.3 Å². The van der Waals surface area contributed by atoms with E-state index in [9.17, 15) is 4.79 Å². The van der Waals surface area contributed by atoms with Crippen LogP contribution in [0.5, 0.6) is 5.75 Å². The molecule has 7 heteroatoms. The Labute approximate surface area is 140 Å². The van der Waals surface area contributed by atoms with Crippen LogP contribution in [0.25, 0.3) is 11.3 Å². The van der Waals surface area contributed by atoms with Crippen LogP contribution in [0.2, 0.25) is 0 Å². The number of thiazole rings is 1. The second-order valence-electron chi connectivity index (χ2n) is 4.69. The summed E-state index contributed by atoms with van der Waals surface area (Å²) in [6, 6.07) is 7.20. The third-order valence-corrected chi connectivity index (χ3v) is 3.53. The highest BCUT2D eigenvalue weighted by atomic mass is 35.5. The molecule has 0 bridgehead atoms. The number of nitrogens with zero attached hydrogens (tertiary/aromatic N) is 1. The van der Waals surface area contributed by atoms with Crippen LogP contribution < -0.4 is 15.8 Å². The number of anilines is 1. The Morgan fingerprint density at radius 3 is 2.68 bits per heavy atom. The quantitative estimate of drug-likeness (QED) is 0.845. The molecular formula is C15H20ClN3O2S. The lowest BCUT2D eigenvalue weighted by Gasteiger charge is -2.05. The molecule has 1 aromatic carbocycles. The molecule has 0 spiro atoms. The van der Waals surface area contributed by atoms with E-state index in [-0.39, 0.29) is 18.3 Å². The van der Waals surface area contributed by atoms with Gasteiger partial charge in [0.1, 0.15) is 5.75 Å². The van der Waals surface area contributed by atoms with Gasteiger partial charge in [-0.2, -0.15) is 0 Å². The van der Waals surface area contributed by atoms with Crippen molar-refractivity contribution in [3.63, 3.8) is 0 Å². The first kappa shape index (κ1) is 18.4. The van der Waals surface area contributed by atoms with Crippen LogP contribution in [0.1, 0.15) is 20.3 Å². The smallest absolute Gasteiger partial charge is 0.242 e. The van der Waals surface area contributed by atoms with Gasteiger partial charge >= 0.3 is 0 Å². The minimum atomic E-state index is -0.549. The van der Waals surface area contributed by atoms with Gasteiger partial charge in [-0.15, -0.1) is 23.7 Å². The number of aromatic nitrogens is 1. The number of benzene rings is 1. The number of amides is 1. The van der Waals surface area contributed by atoms with Crippen molar-refractivity contribution >= 4 is 34.8 Å². The Morgan fingerprint density at radius 1 is 1.41 bits per heavy atom. The van der Waals surface area contributed by atoms with Crippen LogP contribution in [0.15, 0.2) is 29.6 Å². The Bertz CT molecular complexity index is 599. The van der Waals surface area contributed by atoms with Crippen molar-refractivity contribution in [1.82, 2.24) is 4.98 Å². The second kappa shape index (κ2) is 8.73. The highest BCUT2D eigenvalue weighted by Crippen LogP contribution is 2.26. The van der Waals surface area contributed by atoms with Crippen LogP contribution in [0.4, 0.5) is 5.13 Å². The maximum atomic E-state index is 11.5. The molecule has 0 saturated carbocycles. The van der Waals surface area contributed by atoms with E-state index in [4.69, 9.17) is 10.5 Å². The van der Waals surface area contributed by atoms with Crippen LogP contribution in [0, 0.1) is 0 Å². The van der Waals surface area contributed by atoms with Crippen molar-refractivity contribution in [1.29, 1.82) is 0 Å². The molecule has 0 fully saturated rings. The monoisotopic (exact) mass is 341 g/mol. The molecular weight excluding hydrogens is 322 g/mol. The normalized spacial score (nSPS) is 11.4. The molecule has 0 aliphatic heterocycles. The lowest BCUT2D eigenvalue weighted by atomic mass is 10.2. The topological polar surface area (TPSA) is 77.2 Å². The van der Waals surface area contributed by atoms with Gasteiger partial charge < -0.3 is 15.8 Å². The summed E-state index contributed by atoms with van der Waals surface area (Å²) in [6.45, 7) is 4.42. The first-order valence-corrected chi connectivity index (χ1v) is 7.73. The van der Waals surface area contributed by atoms with Crippen molar-refractivity contribution in [3.8, 4) is 17.0 Å². The highest BCUT2D eigenvalue weighted by molar-refractivity contribution is 7.14. The molecule has 22 heavy (non-hydrogen) atoms. The zero-order valence-electron chi connectivity index (χ0n) is 12.5. The summed E-state index contributed by atoms with van der Waals surface area (Å²) in [6.07, 6.45) is 0.983. The zero-order valence-corrected chi connectivity index (χ0v) is 14.2. The highest BCUT2D eigenvalue weighted by Gasteiger charge is 2.11. The standard InChI is InChI=1S/C15H19N3O2S.ClH/c1-3-8-20-12-6-4-11(5-7-12)13-9-21-15(17-13)18-14(19)10(2)16;/h4-7,9-10H,3,8,16H2,1-2H3,(H,17,18,19);1H/t10-;/m0./s1. The van der Waals surface area contributed by atoms with E-state index in [1.165, 1.54) is 11.3 Å². The van der Waals surface area contributed by atoms with E-state index in [2.05, 4.69) is 17.2 Å². The van der Waals surface area contributed by atoms with Crippen LogP contribution >= 0.6 is 23.7 Å². The van der Waals surface area contributed by atoms with Crippen molar-refractivity contribution in [2.45, 2.75) is 26.3 Å². The molecule has 2 aromatic rings. The number of nitrogens with one attached hydrogen (secondary N) is 1. The number of carbonyl (C=O) groups is 1. The predicted molar refractivity (Wildman–Crippen MR) is 92.9 cm³/mol. The van der Waals surface area contributed by atoms with E-state index in [1.54, 1.807) is 6.92 Å². The molecule has 1 aromatic heterocycles. The summed E-state index contributed by atoms with van der Waals surface area (Å²) in [5.41, 5.74) is 7.31. The number of nitrogens with two attached hydrogens (primary N) is 1. The first-order chi connectivity index (χ1) is 10.1. The average molecular weight is 342 g/mol. The number of rotatable bonds is 6. The van der Waals surface area contributed by atoms with Gasteiger partial charge in [0.2, 0.25) is 5.91 Å². The van der Waals surface area contributed by atoms with E-state index in [1.807, 2.05) is 29.6 Å². The summed E-state index contributed by atoms with van der Waals surface area (Å²) in [7, 11) is 0. The summed E-state index contributed by atoms with van der Waals surface area (Å²) < 4.78 is 5.54. The maximum Gasteiger partial charge on any atom is 0.242 e.